The quantitative estimate of drug-likeness (QED) is 0.401. The Morgan fingerprint density at radius 3 is 2.91 bits per heavy atom. The number of furan rings is 1. The summed E-state index contributed by atoms with van der Waals surface area (Å²) in [6.07, 6.45) is 2.89. The smallest absolute Gasteiger partial charge is 0.331 e. The third-order valence-electron chi connectivity index (χ3n) is 3.26. The molecule has 116 valence electrons. The zero-order valence-electron chi connectivity index (χ0n) is 12.5. The lowest BCUT2D eigenvalue weighted by Crippen LogP contribution is -2.02. The van der Waals surface area contributed by atoms with E-state index < -0.39 is 5.97 Å². The number of esters is 1. The van der Waals surface area contributed by atoms with E-state index in [2.05, 4.69) is 4.98 Å². The third kappa shape index (κ3) is 3.79. The number of para-hydroxylation sites is 1. The SMILES string of the molecule is Cc1ccc(/C=C/C(=O)OCc2cc3ccccc3nc2Cl)o1. The zero-order chi connectivity index (χ0) is 16.2. The minimum atomic E-state index is -0.469. The van der Waals surface area contributed by atoms with Gasteiger partial charge in [0.1, 0.15) is 23.3 Å². The molecular weight excluding hydrogens is 314 g/mol. The summed E-state index contributed by atoms with van der Waals surface area (Å²) in [7, 11) is 0. The monoisotopic (exact) mass is 327 g/mol. The molecule has 0 bridgehead atoms. The van der Waals surface area contributed by atoms with E-state index in [1.165, 1.54) is 6.08 Å². The van der Waals surface area contributed by atoms with Crippen molar-refractivity contribution in [1.82, 2.24) is 4.98 Å². The van der Waals surface area contributed by atoms with Crippen LogP contribution in [0.1, 0.15) is 17.1 Å². The average Bonchev–Trinajstić information content (AvgIpc) is 2.96. The number of aryl methyl sites for hydroxylation is 1. The summed E-state index contributed by atoms with van der Waals surface area (Å²) in [5.41, 5.74) is 1.47. The van der Waals surface area contributed by atoms with Crippen LogP contribution in [0.15, 0.2) is 53.0 Å². The highest BCUT2D eigenvalue weighted by Gasteiger charge is 2.07. The maximum absolute atomic E-state index is 11.8. The molecular formula is C18H14ClNO3. The van der Waals surface area contributed by atoms with Crippen LogP contribution in [0.25, 0.3) is 17.0 Å². The van der Waals surface area contributed by atoms with Crippen molar-refractivity contribution in [3.63, 3.8) is 0 Å². The Balaban J connectivity index is 1.66. The second kappa shape index (κ2) is 6.67. The lowest BCUT2D eigenvalue weighted by atomic mass is 10.2. The van der Waals surface area contributed by atoms with Crippen LogP contribution in [-0.2, 0) is 16.1 Å². The van der Waals surface area contributed by atoms with Crippen molar-refractivity contribution >= 4 is 34.5 Å². The van der Waals surface area contributed by atoms with Crippen LogP contribution < -0.4 is 0 Å². The lowest BCUT2D eigenvalue weighted by Gasteiger charge is -2.06. The fourth-order valence-corrected chi connectivity index (χ4v) is 2.33. The predicted molar refractivity (Wildman–Crippen MR) is 89.0 cm³/mol. The molecule has 2 heterocycles. The first-order valence-electron chi connectivity index (χ1n) is 7.07. The number of carbonyl (C=O) groups excluding carboxylic acids is 1. The number of aromatic nitrogens is 1. The standard InChI is InChI=1S/C18H14ClNO3/c1-12-6-7-15(23-12)8-9-17(21)22-11-14-10-13-4-2-3-5-16(13)20-18(14)19/h2-10H,11H2,1H3/b9-8+. The molecule has 0 aliphatic rings. The van der Waals surface area contributed by atoms with Crippen LogP contribution in [-0.4, -0.2) is 11.0 Å². The number of halogens is 1. The number of carbonyl (C=O) groups is 1. The molecule has 0 fully saturated rings. The van der Waals surface area contributed by atoms with E-state index >= 15 is 0 Å². The number of nitrogens with zero attached hydrogens (tertiary/aromatic N) is 1. The fraction of sp³-hybridized carbons (Fsp3) is 0.111. The molecule has 0 N–H and O–H groups in total. The van der Waals surface area contributed by atoms with Crippen LogP contribution in [0.4, 0.5) is 0 Å². The number of ether oxygens (including phenoxy) is 1. The van der Waals surface area contributed by atoms with E-state index in [0.717, 1.165) is 16.7 Å². The molecule has 5 heteroatoms. The van der Waals surface area contributed by atoms with Crippen molar-refractivity contribution in [2.24, 2.45) is 0 Å². The molecule has 0 unspecified atom stereocenters. The molecule has 23 heavy (non-hydrogen) atoms. The van der Waals surface area contributed by atoms with Gasteiger partial charge in [-0.3, -0.25) is 0 Å². The molecule has 4 nitrogen and oxygen atoms in total. The minimum absolute atomic E-state index is 0.0665. The Hall–Kier alpha value is -2.59. The molecule has 0 aliphatic carbocycles. The van der Waals surface area contributed by atoms with Gasteiger partial charge >= 0.3 is 5.97 Å². The molecule has 0 saturated heterocycles. The predicted octanol–water partition coefficient (Wildman–Crippen LogP) is 4.55. The van der Waals surface area contributed by atoms with Gasteiger partial charge in [0, 0.05) is 17.0 Å². The first-order valence-corrected chi connectivity index (χ1v) is 7.45. The van der Waals surface area contributed by atoms with Crippen LogP contribution >= 0.6 is 11.6 Å². The minimum Gasteiger partial charge on any atom is -0.462 e. The Labute approximate surface area is 138 Å². The molecule has 0 atom stereocenters. The van der Waals surface area contributed by atoms with Gasteiger partial charge in [-0.15, -0.1) is 0 Å². The maximum Gasteiger partial charge on any atom is 0.331 e. The summed E-state index contributed by atoms with van der Waals surface area (Å²) in [6, 6.07) is 13.1. The highest BCUT2D eigenvalue weighted by molar-refractivity contribution is 6.30. The van der Waals surface area contributed by atoms with Gasteiger partial charge in [0.15, 0.2) is 0 Å². The van der Waals surface area contributed by atoms with E-state index in [-0.39, 0.29) is 6.61 Å². The van der Waals surface area contributed by atoms with E-state index in [4.69, 9.17) is 20.8 Å². The summed E-state index contributed by atoms with van der Waals surface area (Å²) < 4.78 is 10.5. The molecule has 0 amide bonds. The molecule has 2 aromatic heterocycles. The first-order chi connectivity index (χ1) is 11.1. The Bertz CT molecular complexity index is 883. The van der Waals surface area contributed by atoms with Gasteiger partial charge in [0.05, 0.1) is 5.52 Å². The summed E-state index contributed by atoms with van der Waals surface area (Å²) in [6.45, 7) is 1.90. The number of hydrogen-bond donors (Lipinski definition) is 0. The first kappa shape index (κ1) is 15.3. The second-order valence-corrected chi connectivity index (χ2v) is 5.38. The fourth-order valence-electron chi connectivity index (χ4n) is 2.13. The molecule has 0 spiro atoms. The number of hydrogen-bond acceptors (Lipinski definition) is 4. The van der Waals surface area contributed by atoms with Crippen molar-refractivity contribution in [2.75, 3.05) is 0 Å². The zero-order valence-corrected chi connectivity index (χ0v) is 13.2. The van der Waals surface area contributed by atoms with Crippen molar-refractivity contribution in [3.05, 3.63) is 70.8 Å². The van der Waals surface area contributed by atoms with Crippen LogP contribution in [0, 0.1) is 6.92 Å². The van der Waals surface area contributed by atoms with Gasteiger partial charge < -0.3 is 9.15 Å². The van der Waals surface area contributed by atoms with Crippen LogP contribution in [0.3, 0.4) is 0 Å². The number of fused-ring (bicyclic) bond motifs is 1. The topological polar surface area (TPSA) is 52.3 Å². The molecule has 3 rings (SSSR count). The Morgan fingerprint density at radius 2 is 2.13 bits per heavy atom. The second-order valence-electron chi connectivity index (χ2n) is 5.02. The maximum atomic E-state index is 11.8. The molecule has 3 aromatic rings. The van der Waals surface area contributed by atoms with Crippen molar-refractivity contribution < 1.29 is 13.9 Å². The summed E-state index contributed by atoms with van der Waals surface area (Å²) in [5, 5.41) is 1.28. The number of pyridine rings is 1. The molecule has 0 radical (unpaired) electrons. The van der Waals surface area contributed by atoms with Crippen LogP contribution in [0.5, 0.6) is 0 Å². The Morgan fingerprint density at radius 1 is 1.30 bits per heavy atom. The number of benzene rings is 1. The summed E-state index contributed by atoms with van der Waals surface area (Å²) in [4.78, 5) is 16.0. The Kier molecular flexibility index (Phi) is 4.44. The summed E-state index contributed by atoms with van der Waals surface area (Å²) in [5.74, 6) is 0.917. The van der Waals surface area contributed by atoms with Crippen LogP contribution in [0.2, 0.25) is 5.15 Å². The van der Waals surface area contributed by atoms with Gasteiger partial charge in [-0.25, -0.2) is 9.78 Å². The molecule has 1 aromatic carbocycles. The van der Waals surface area contributed by atoms with E-state index in [1.807, 2.05) is 43.3 Å². The molecule has 0 aliphatic heterocycles. The third-order valence-corrected chi connectivity index (χ3v) is 3.59. The molecule has 0 saturated carbocycles. The highest BCUT2D eigenvalue weighted by Crippen LogP contribution is 2.21. The van der Waals surface area contributed by atoms with Gasteiger partial charge in [0.25, 0.3) is 0 Å². The van der Waals surface area contributed by atoms with Crippen molar-refractivity contribution in [1.29, 1.82) is 0 Å². The van der Waals surface area contributed by atoms with E-state index in [1.54, 1.807) is 12.1 Å². The van der Waals surface area contributed by atoms with E-state index in [0.29, 0.717) is 16.5 Å². The van der Waals surface area contributed by atoms with E-state index in [9.17, 15) is 4.79 Å². The van der Waals surface area contributed by atoms with Gasteiger partial charge in [-0.1, -0.05) is 29.8 Å². The lowest BCUT2D eigenvalue weighted by molar-refractivity contribution is -0.138. The number of rotatable bonds is 4. The highest BCUT2D eigenvalue weighted by atomic mass is 35.5. The van der Waals surface area contributed by atoms with Gasteiger partial charge in [0.2, 0.25) is 0 Å². The average molecular weight is 328 g/mol. The van der Waals surface area contributed by atoms with Crippen molar-refractivity contribution in [2.45, 2.75) is 13.5 Å². The van der Waals surface area contributed by atoms with Gasteiger partial charge in [-0.2, -0.15) is 0 Å². The normalized spacial score (nSPS) is 11.2. The van der Waals surface area contributed by atoms with Gasteiger partial charge in [-0.05, 0) is 37.3 Å². The van der Waals surface area contributed by atoms with Crippen molar-refractivity contribution in [3.8, 4) is 0 Å². The largest absolute Gasteiger partial charge is 0.462 e. The summed E-state index contributed by atoms with van der Waals surface area (Å²) >= 11 is 6.13.